The molecule has 0 bridgehead atoms. The van der Waals surface area contributed by atoms with E-state index in [4.69, 9.17) is 4.74 Å². The van der Waals surface area contributed by atoms with Gasteiger partial charge in [0.2, 0.25) is 0 Å². The molecule has 2 aromatic heterocycles. The number of hydrogen-bond acceptors (Lipinski definition) is 4. The van der Waals surface area contributed by atoms with Gasteiger partial charge < -0.3 is 4.74 Å². The first-order valence-electron chi connectivity index (χ1n) is 11.8. The third kappa shape index (κ3) is 5.77. The van der Waals surface area contributed by atoms with Gasteiger partial charge in [-0.05, 0) is 108 Å². The zero-order chi connectivity index (χ0) is 22.7. The maximum Gasteiger partial charge on any atom is 0.0622 e. The number of pyridine rings is 1. The van der Waals surface area contributed by atoms with E-state index >= 15 is 0 Å². The number of ether oxygens (including phenoxy) is 1. The predicted octanol–water partition coefficient (Wildman–Crippen LogP) is 6.85. The van der Waals surface area contributed by atoms with Gasteiger partial charge in [-0.25, -0.2) is 0 Å². The van der Waals surface area contributed by atoms with Crippen molar-refractivity contribution in [2.75, 3.05) is 20.2 Å². The van der Waals surface area contributed by atoms with Gasteiger partial charge in [0.05, 0.1) is 5.60 Å². The second-order valence-corrected chi connectivity index (χ2v) is 11.8. The molecule has 2 aromatic rings. The van der Waals surface area contributed by atoms with E-state index in [-0.39, 0.29) is 11.1 Å². The molecule has 4 heteroatoms. The quantitative estimate of drug-likeness (QED) is 0.402. The number of rotatable bonds is 10. The largest absolute Gasteiger partial charge is 0.379 e. The van der Waals surface area contributed by atoms with Gasteiger partial charge in [0.15, 0.2) is 0 Å². The molecule has 0 amide bonds. The minimum atomic E-state index is -0.0473. The molecule has 0 N–H and O–H groups in total. The zero-order valence-corrected chi connectivity index (χ0v) is 21.5. The third-order valence-electron chi connectivity index (χ3n) is 8.02. The molecule has 0 saturated carbocycles. The van der Waals surface area contributed by atoms with Crippen LogP contribution in [0.4, 0.5) is 0 Å². The highest BCUT2D eigenvalue weighted by atomic mass is 32.1. The maximum absolute atomic E-state index is 5.73. The molecule has 3 heterocycles. The van der Waals surface area contributed by atoms with Gasteiger partial charge in [-0.15, -0.1) is 11.3 Å². The van der Waals surface area contributed by atoms with Crippen LogP contribution in [0.2, 0.25) is 0 Å². The first-order valence-corrected chi connectivity index (χ1v) is 12.7. The highest BCUT2D eigenvalue weighted by Gasteiger charge is 2.46. The Bertz CT molecular complexity index is 812. The summed E-state index contributed by atoms with van der Waals surface area (Å²) in [7, 11) is 1.84. The fourth-order valence-electron chi connectivity index (χ4n) is 5.04. The van der Waals surface area contributed by atoms with Crippen LogP contribution in [0.25, 0.3) is 0 Å². The van der Waals surface area contributed by atoms with Crippen molar-refractivity contribution in [2.24, 2.45) is 11.3 Å². The second-order valence-electron chi connectivity index (χ2n) is 10.8. The third-order valence-corrected chi connectivity index (χ3v) is 8.96. The molecule has 1 fully saturated rings. The van der Waals surface area contributed by atoms with E-state index in [2.05, 4.69) is 87.3 Å². The Morgan fingerprint density at radius 2 is 2.00 bits per heavy atom. The molecular weight excluding hydrogens is 400 g/mol. The fraction of sp³-hybridized carbons (Fsp3) is 0.667. The summed E-state index contributed by atoms with van der Waals surface area (Å²) in [6.07, 6.45) is 8.13. The Labute approximate surface area is 194 Å². The zero-order valence-electron chi connectivity index (χ0n) is 20.7. The number of aromatic nitrogens is 1. The van der Waals surface area contributed by atoms with Gasteiger partial charge in [0.25, 0.3) is 0 Å². The normalized spacial score (nSPS) is 21.5. The van der Waals surface area contributed by atoms with Crippen molar-refractivity contribution in [3.63, 3.8) is 0 Å². The van der Waals surface area contributed by atoms with Crippen molar-refractivity contribution in [3.05, 3.63) is 52.0 Å². The van der Waals surface area contributed by atoms with Gasteiger partial charge in [-0.1, -0.05) is 19.1 Å². The minimum absolute atomic E-state index is 0.00307. The molecule has 0 aliphatic carbocycles. The molecule has 1 saturated heterocycles. The van der Waals surface area contributed by atoms with Crippen LogP contribution in [0, 0.1) is 18.3 Å². The molecule has 0 spiro atoms. The van der Waals surface area contributed by atoms with E-state index in [1.54, 1.807) is 0 Å². The monoisotopic (exact) mass is 442 g/mol. The standard InChI is InChI=1S/C27H42N2OS/c1-21(12-14-25(3,4)30-7)27(15-13-24-9-8-18-31-24)16-17-29(20-27)26(5,6)23-11-10-22(2)28-19-23/h8-11,18-19,21H,12-17,20H2,1-7H3/t21?,27-/m1/s1. The van der Waals surface area contributed by atoms with Crippen LogP contribution < -0.4 is 0 Å². The summed E-state index contributed by atoms with van der Waals surface area (Å²) >= 11 is 1.90. The van der Waals surface area contributed by atoms with Crippen molar-refractivity contribution >= 4 is 11.3 Å². The second kappa shape index (κ2) is 9.72. The summed E-state index contributed by atoms with van der Waals surface area (Å²) in [4.78, 5) is 8.82. The lowest BCUT2D eigenvalue weighted by Gasteiger charge is -2.41. The lowest BCUT2D eigenvalue weighted by atomic mass is 9.69. The van der Waals surface area contributed by atoms with E-state index in [0.29, 0.717) is 11.3 Å². The number of nitrogens with zero attached hydrogens (tertiary/aromatic N) is 2. The van der Waals surface area contributed by atoms with Gasteiger partial charge in [0, 0.05) is 36.0 Å². The Kier molecular flexibility index (Phi) is 7.66. The first kappa shape index (κ1) is 24.4. The molecule has 3 rings (SSSR count). The van der Waals surface area contributed by atoms with Gasteiger partial charge in [-0.3, -0.25) is 9.88 Å². The van der Waals surface area contributed by atoms with Gasteiger partial charge in [0.1, 0.15) is 0 Å². The van der Waals surface area contributed by atoms with Gasteiger partial charge >= 0.3 is 0 Å². The molecule has 172 valence electrons. The molecule has 0 aromatic carbocycles. The Balaban J connectivity index is 1.78. The van der Waals surface area contributed by atoms with Crippen molar-refractivity contribution in [2.45, 2.75) is 84.8 Å². The summed E-state index contributed by atoms with van der Waals surface area (Å²) in [6, 6.07) is 8.89. The van der Waals surface area contributed by atoms with E-state index in [9.17, 15) is 0 Å². The Morgan fingerprint density at radius 3 is 2.61 bits per heavy atom. The fourth-order valence-corrected chi connectivity index (χ4v) is 5.75. The van der Waals surface area contributed by atoms with Crippen molar-refractivity contribution in [3.8, 4) is 0 Å². The van der Waals surface area contributed by atoms with E-state index in [1.165, 1.54) is 36.1 Å². The van der Waals surface area contributed by atoms with Crippen LogP contribution in [0.15, 0.2) is 35.8 Å². The van der Waals surface area contributed by atoms with Crippen LogP contribution in [-0.2, 0) is 16.7 Å². The summed E-state index contributed by atoms with van der Waals surface area (Å²) in [5.41, 5.74) is 2.70. The van der Waals surface area contributed by atoms with E-state index < -0.39 is 0 Å². The number of thiophene rings is 1. The molecule has 1 unspecified atom stereocenters. The number of aryl methyl sites for hydroxylation is 2. The molecule has 1 aliphatic heterocycles. The van der Waals surface area contributed by atoms with Crippen molar-refractivity contribution < 1.29 is 4.74 Å². The van der Waals surface area contributed by atoms with Crippen LogP contribution in [0.1, 0.15) is 76.4 Å². The molecule has 31 heavy (non-hydrogen) atoms. The van der Waals surface area contributed by atoms with E-state index in [1.807, 2.05) is 18.4 Å². The maximum atomic E-state index is 5.73. The smallest absolute Gasteiger partial charge is 0.0622 e. The summed E-state index contributed by atoms with van der Waals surface area (Å²) < 4.78 is 5.73. The van der Waals surface area contributed by atoms with Crippen LogP contribution in [-0.4, -0.2) is 35.7 Å². The lowest BCUT2D eigenvalue weighted by molar-refractivity contribution is 0.00290. The van der Waals surface area contributed by atoms with E-state index in [0.717, 1.165) is 25.2 Å². The molecular formula is C27H42N2OS. The van der Waals surface area contributed by atoms with Crippen LogP contribution in [0.3, 0.4) is 0 Å². The van der Waals surface area contributed by atoms with Gasteiger partial charge in [-0.2, -0.15) is 0 Å². The predicted molar refractivity (Wildman–Crippen MR) is 133 cm³/mol. The summed E-state index contributed by atoms with van der Waals surface area (Å²) in [6.45, 7) is 16.0. The highest BCUT2D eigenvalue weighted by molar-refractivity contribution is 7.09. The molecule has 3 nitrogen and oxygen atoms in total. The van der Waals surface area contributed by atoms with Crippen molar-refractivity contribution in [1.82, 2.24) is 9.88 Å². The topological polar surface area (TPSA) is 25.4 Å². The van der Waals surface area contributed by atoms with Crippen LogP contribution >= 0.6 is 11.3 Å². The molecule has 2 atom stereocenters. The minimum Gasteiger partial charge on any atom is -0.379 e. The van der Waals surface area contributed by atoms with Crippen molar-refractivity contribution in [1.29, 1.82) is 0 Å². The molecule has 1 aliphatic rings. The average molecular weight is 443 g/mol. The SMILES string of the molecule is COC(C)(C)CCC(C)[C@]1(CCc2cccs2)CCN(C(C)(C)c2ccc(C)nc2)C1. The number of likely N-dealkylation sites (tertiary alicyclic amines) is 1. The molecule has 0 radical (unpaired) electrons. The Hall–Kier alpha value is -1.23. The van der Waals surface area contributed by atoms with Crippen LogP contribution in [0.5, 0.6) is 0 Å². The number of hydrogen-bond donors (Lipinski definition) is 0. The Morgan fingerprint density at radius 1 is 1.23 bits per heavy atom. The highest BCUT2D eigenvalue weighted by Crippen LogP contribution is 2.48. The average Bonchev–Trinajstić information content (AvgIpc) is 3.42. The lowest BCUT2D eigenvalue weighted by Crippen LogP contribution is -2.43. The summed E-state index contributed by atoms with van der Waals surface area (Å²) in [5, 5.41) is 2.21. The number of methoxy groups -OCH3 is 1. The summed E-state index contributed by atoms with van der Waals surface area (Å²) in [5.74, 6) is 0.666. The first-order chi connectivity index (χ1) is 14.6.